The minimum absolute atomic E-state index is 0.424. The first-order valence-electron chi connectivity index (χ1n) is 8.83. The average molecular weight is 340 g/mol. The first kappa shape index (κ1) is 17.9. The molecule has 0 N–H and O–H groups in total. The zero-order valence-electron chi connectivity index (χ0n) is 15.4. The van der Waals surface area contributed by atoms with Crippen LogP contribution in [-0.4, -0.2) is 50.7 Å². The van der Waals surface area contributed by atoms with Crippen molar-refractivity contribution in [3.05, 3.63) is 65.2 Å². The maximum absolute atomic E-state index is 5.45. The van der Waals surface area contributed by atoms with Gasteiger partial charge in [-0.1, -0.05) is 36.4 Å². The molecule has 1 aliphatic rings. The molecule has 4 heteroatoms. The number of benzene rings is 2. The molecule has 0 saturated carbocycles. The van der Waals surface area contributed by atoms with Gasteiger partial charge >= 0.3 is 0 Å². The molecule has 2 aromatic rings. The fourth-order valence-electron chi connectivity index (χ4n) is 3.57. The second kappa shape index (κ2) is 8.48. The molecule has 0 bridgehead atoms. The number of ether oxygens (including phenoxy) is 2. The first-order valence-corrected chi connectivity index (χ1v) is 8.83. The Balaban J connectivity index is 1.81. The summed E-state index contributed by atoms with van der Waals surface area (Å²) >= 11 is 0. The van der Waals surface area contributed by atoms with Gasteiger partial charge in [0.05, 0.1) is 13.7 Å². The van der Waals surface area contributed by atoms with Crippen molar-refractivity contribution in [2.75, 3.05) is 40.9 Å². The summed E-state index contributed by atoms with van der Waals surface area (Å²) in [6.45, 7) is 4.74. The molecule has 1 fully saturated rings. The number of likely N-dealkylation sites (N-methyl/N-ethyl adjacent to an activating group) is 1. The quantitative estimate of drug-likeness (QED) is 0.805. The van der Waals surface area contributed by atoms with E-state index in [4.69, 9.17) is 9.47 Å². The molecule has 0 amide bonds. The predicted molar refractivity (Wildman–Crippen MR) is 101 cm³/mol. The van der Waals surface area contributed by atoms with Crippen molar-refractivity contribution in [2.45, 2.75) is 19.2 Å². The van der Waals surface area contributed by atoms with Crippen LogP contribution in [0, 0.1) is 0 Å². The summed E-state index contributed by atoms with van der Waals surface area (Å²) in [5.74, 6) is 0.892. The summed E-state index contributed by atoms with van der Waals surface area (Å²) in [5, 5.41) is 0. The lowest BCUT2D eigenvalue weighted by Gasteiger charge is -2.40. The van der Waals surface area contributed by atoms with E-state index in [9.17, 15) is 0 Å². The minimum Gasteiger partial charge on any atom is -0.496 e. The minimum atomic E-state index is 0.424. The Morgan fingerprint density at radius 3 is 2.56 bits per heavy atom. The molecule has 0 unspecified atom stereocenters. The van der Waals surface area contributed by atoms with Crippen LogP contribution in [-0.2, 0) is 17.9 Å². The standard InChI is InChI=1S/C21H28N2O2/c1-22-11-12-23(20(15-22)18-7-5-4-6-8-18)14-17-9-10-21(25-3)19(13-17)16-24-2/h4-10,13,20H,11-12,14-16H2,1-3H3/t20-/m1/s1. The van der Waals surface area contributed by atoms with Gasteiger partial charge in [-0.05, 0) is 30.3 Å². The molecule has 25 heavy (non-hydrogen) atoms. The van der Waals surface area contributed by atoms with Crippen LogP contribution < -0.4 is 4.74 Å². The van der Waals surface area contributed by atoms with Crippen LogP contribution in [0.2, 0.25) is 0 Å². The highest BCUT2D eigenvalue weighted by molar-refractivity contribution is 5.37. The highest BCUT2D eigenvalue weighted by Gasteiger charge is 2.26. The smallest absolute Gasteiger partial charge is 0.124 e. The molecule has 0 spiro atoms. The Kier molecular flexibility index (Phi) is 6.08. The number of rotatable bonds is 6. The summed E-state index contributed by atoms with van der Waals surface area (Å²) in [6, 6.07) is 17.7. The van der Waals surface area contributed by atoms with Crippen LogP contribution in [0.25, 0.3) is 0 Å². The van der Waals surface area contributed by atoms with Gasteiger partial charge in [0.25, 0.3) is 0 Å². The Morgan fingerprint density at radius 1 is 1.04 bits per heavy atom. The highest BCUT2D eigenvalue weighted by atomic mass is 16.5. The van der Waals surface area contributed by atoms with E-state index in [0.29, 0.717) is 12.6 Å². The van der Waals surface area contributed by atoms with Crippen molar-refractivity contribution < 1.29 is 9.47 Å². The highest BCUT2D eigenvalue weighted by Crippen LogP contribution is 2.28. The summed E-state index contributed by atoms with van der Waals surface area (Å²) < 4.78 is 10.8. The van der Waals surface area contributed by atoms with Gasteiger partial charge in [0.1, 0.15) is 5.75 Å². The van der Waals surface area contributed by atoms with Crippen molar-refractivity contribution in [2.24, 2.45) is 0 Å². The molecular formula is C21H28N2O2. The maximum Gasteiger partial charge on any atom is 0.124 e. The van der Waals surface area contributed by atoms with E-state index in [-0.39, 0.29) is 0 Å². The topological polar surface area (TPSA) is 24.9 Å². The molecule has 2 aromatic carbocycles. The lowest BCUT2D eigenvalue weighted by Crippen LogP contribution is -2.46. The summed E-state index contributed by atoms with van der Waals surface area (Å²) in [6.07, 6.45) is 0. The lowest BCUT2D eigenvalue weighted by atomic mass is 10.0. The Bertz CT molecular complexity index is 675. The third-order valence-corrected chi connectivity index (χ3v) is 4.91. The maximum atomic E-state index is 5.45. The van der Waals surface area contributed by atoms with Gasteiger partial charge in [0.15, 0.2) is 0 Å². The Morgan fingerprint density at radius 2 is 1.84 bits per heavy atom. The molecule has 1 atom stereocenters. The molecule has 4 nitrogen and oxygen atoms in total. The van der Waals surface area contributed by atoms with Crippen LogP contribution in [0.5, 0.6) is 5.75 Å². The number of methoxy groups -OCH3 is 2. The molecule has 1 heterocycles. The van der Waals surface area contributed by atoms with E-state index < -0.39 is 0 Å². The lowest BCUT2D eigenvalue weighted by molar-refractivity contribution is 0.0833. The summed E-state index contributed by atoms with van der Waals surface area (Å²) in [7, 11) is 5.63. The third-order valence-electron chi connectivity index (χ3n) is 4.91. The Labute approximate surface area is 151 Å². The largest absolute Gasteiger partial charge is 0.496 e. The molecule has 3 rings (SSSR count). The SMILES string of the molecule is COCc1cc(CN2CCN(C)C[C@@H]2c2ccccc2)ccc1OC. The van der Waals surface area contributed by atoms with Crippen molar-refractivity contribution in [1.82, 2.24) is 9.80 Å². The number of hydrogen-bond donors (Lipinski definition) is 0. The van der Waals surface area contributed by atoms with E-state index in [1.807, 2.05) is 0 Å². The zero-order valence-corrected chi connectivity index (χ0v) is 15.4. The van der Waals surface area contributed by atoms with Crippen LogP contribution >= 0.6 is 0 Å². The zero-order chi connectivity index (χ0) is 17.6. The molecular weight excluding hydrogens is 312 g/mol. The normalized spacial score (nSPS) is 19.1. The number of nitrogens with zero attached hydrogens (tertiary/aromatic N) is 2. The monoisotopic (exact) mass is 340 g/mol. The van der Waals surface area contributed by atoms with E-state index in [1.54, 1.807) is 14.2 Å². The van der Waals surface area contributed by atoms with Crippen LogP contribution in [0.3, 0.4) is 0 Å². The van der Waals surface area contributed by atoms with Gasteiger partial charge in [-0.25, -0.2) is 0 Å². The van der Waals surface area contributed by atoms with Crippen LogP contribution in [0.1, 0.15) is 22.7 Å². The van der Waals surface area contributed by atoms with E-state index >= 15 is 0 Å². The molecule has 1 aliphatic heterocycles. The molecule has 0 aliphatic carbocycles. The molecule has 1 saturated heterocycles. The Hall–Kier alpha value is -1.88. The fraction of sp³-hybridized carbons (Fsp3) is 0.429. The first-order chi connectivity index (χ1) is 12.2. The van der Waals surface area contributed by atoms with E-state index in [0.717, 1.165) is 37.5 Å². The predicted octanol–water partition coefficient (Wildman–Crippen LogP) is 3.33. The van der Waals surface area contributed by atoms with Crippen molar-refractivity contribution in [3.8, 4) is 5.75 Å². The number of piperazine rings is 1. The van der Waals surface area contributed by atoms with Crippen LogP contribution in [0.15, 0.2) is 48.5 Å². The van der Waals surface area contributed by atoms with Gasteiger partial charge in [0, 0.05) is 44.9 Å². The van der Waals surface area contributed by atoms with Crippen molar-refractivity contribution >= 4 is 0 Å². The van der Waals surface area contributed by atoms with Gasteiger partial charge in [-0.15, -0.1) is 0 Å². The molecule has 0 radical (unpaired) electrons. The van der Waals surface area contributed by atoms with Gasteiger partial charge in [0.2, 0.25) is 0 Å². The third kappa shape index (κ3) is 4.40. The van der Waals surface area contributed by atoms with Crippen LogP contribution in [0.4, 0.5) is 0 Å². The molecule has 134 valence electrons. The average Bonchev–Trinajstić information content (AvgIpc) is 2.64. The van der Waals surface area contributed by atoms with E-state index in [2.05, 4.69) is 65.4 Å². The van der Waals surface area contributed by atoms with Gasteiger partial charge in [-0.2, -0.15) is 0 Å². The van der Waals surface area contributed by atoms with E-state index in [1.165, 1.54) is 11.1 Å². The summed E-state index contributed by atoms with van der Waals surface area (Å²) in [5.41, 5.74) is 3.80. The molecule has 0 aromatic heterocycles. The van der Waals surface area contributed by atoms with Crippen molar-refractivity contribution in [1.29, 1.82) is 0 Å². The second-order valence-electron chi connectivity index (χ2n) is 6.74. The number of hydrogen-bond acceptors (Lipinski definition) is 4. The van der Waals surface area contributed by atoms with Gasteiger partial charge < -0.3 is 14.4 Å². The fourth-order valence-corrected chi connectivity index (χ4v) is 3.57. The second-order valence-corrected chi connectivity index (χ2v) is 6.74. The summed E-state index contributed by atoms with van der Waals surface area (Å²) in [4.78, 5) is 4.99. The van der Waals surface area contributed by atoms with Gasteiger partial charge in [-0.3, -0.25) is 4.90 Å². The van der Waals surface area contributed by atoms with Crippen molar-refractivity contribution in [3.63, 3.8) is 0 Å².